The van der Waals surface area contributed by atoms with Gasteiger partial charge in [0.2, 0.25) is 5.91 Å². The molecule has 0 aliphatic carbocycles. The number of carbonyl (C=O) groups is 1. The van der Waals surface area contributed by atoms with Crippen molar-refractivity contribution in [3.63, 3.8) is 0 Å². The summed E-state index contributed by atoms with van der Waals surface area (Å²) in [6, 6.07) is 4.65. The van der Waals surface area contributed by atoms with Crippen LogP contribution < -0.4 is 16.0 Å². The van der Waals surface area contributed by atoms with Gasteiger partial charge in [-0.1, -0.05) is 0 Å². The lowest BCUT2D eigenvalue weighted by atomic mass is 10.2. The smallest absolute Gasteiger partial charge is 0.246 e. The van der Waals surface area contributed by atoms with Crippen molar-refractivity contribution < 1.29 is 4.79 Å². The fourth-order valence-corrected chi connectivity index (χ4v) is 2.71. The zero-order valence-corrected chi connectivity index (χ0v) is 16.7. The van der Waals surface area contributed by atoms with E-state index in [0.29, 0.717) is 23.7 Å². The van der Waals surface area contributed by atoms with E-state index in [9.17, 15) is 4.79 Å². The molecule has 0 bridgehead atoms. The van der Waals surface area contributed by atoms with Gasteiger partial charge in [0.1, 0.15) is 6.54 Å². The highest BCUT2D eigenvalue weighted by atomic mass is 16.1. The van der Waals surface area contributed by atoms with E-state index >= 15 is 0 Å². The predicted octanol–water partition coefficient (Wildman–Crippen LogP) is 2.08. The predicted molar refractivity (Wildman–Crippen MR) is 108 cm³/mol. The summed E-state index contributed by atoms with van der Waals surface area (Å²) >= 11 is 0. The molecule has 0 fully saturated rings. The zero-order valence-electron chi connectivity index (χ0n) is 16.7. The molecular weight excluding hydrogens is 328 g/mol. The van der Waals surface area contributed by atoms with Gasteiger partial charge >= 0.3 is 0 Å². The summed E-state index contributed by atoms with van der Waals surface area (Å²) in [5.41, 5.74) is 0.674. The van der Waals surface area contributed by atoms with Crippen LogP contribution in [0.2, 0.25) is 0 Å². The summed E-state index contributed by atoms with van der Waals surface area (Å²) in [6.45, 7) is 13.6. The number of nitrogens with zero attached hydrogens (tertiary/aromatic N) is 3. The molecule has 7 heteroatoms. The van der Waals surface area contributed by atoms with E-state index < -0.39 is 0 Å². The highest BCUT2D eigenvalue weighted by Crippen LogP contribution is 2.05. The maximum Gasteiger partial charge on any atom is 0.246 e. The number of aromatic nitrogens is 1. The largest absolute Gasteiger partial charge is 0.357 e. The minimum atomic E-state index is -0.166. The summed E-state index contributed by atoms with van der Waals surface area (Å²) in [5, 5.41) is 9.24. The van der Waals surface area contributed by atoms with E-state index in [1.165, 1.54) is 0 Å². The molecular formula is C19H34N6O. The van der Waals surface area contributed by atoms with E-state index in [-0.39, 0.29) is 12.5 Å². The van der Waals surface area contributed by atoms with Gasteiger partial charge in [-0.05, 0) is 53.2 Å². The first-order chi connectivity index (χ1) is 12.4. The number of amides is 1. The van der Waals surface area contributed by atoms with Crippen LogP contribution in [0.3, 0.4) is 0 Å². The Balaban J connectivity index is 2.42. The first kappa shape index (κ1) is 21.9. The van der Waals surface area contributed by atoms with Crippen LogP contribution in [0.1, 0.15) is 41.0 Å². The molecule has 1 rings (SSSR count). The van der Waals surface area contributed by atoms with Gasteiger partial charge in [0.15, 0.2) is 5.96 Å². The van der Waals surface area contributed by atoms with Crippen LogP contribution >= 0.6 is 0 Å². The van der Waals surface area contributed by atoms with Crippen molar-refractivity contribution in [2.24, 2.45) is 4.99 Å². The number of nitrogens with one attached hydrogen (secondary N) is 3. The maximum absolute atomic E-state index is 12.0. The number of aliphatic imine (C=N–C) groups is 1. The van der Waals surface area contributed by atoms with Crippen LogP contribution in [0.15, 0.2) is 29.5 Å². The fourth-order valence-electron chi connectivity index (χ4n) is 2.71. The van der Waals surface area contributed by atoms with Crippen molar-refractivity contribution in [1.29, 1.82) is 0 Å². The fraction of sp³-hybridized carbons (Fsp3) is 0.632. The van der Waals surface area contributed by atoms with Crippen LogP contribution in [-0.4, -0.2) is 60.0 Å². The quantitative estimate of drug-likeness (QED) is 0.337. The molecule has 1 aromatic rings. The molecule has 1 aromatic heterocycles. The van der Waals surface area contributed by atoms with Gasteiger partial charge in [0.25, 0.3) is 0 Å². The molecule has 0 unspecified atom stereocenters. The van der Waals surface area contributed by atoms with Gasteiger partial charge in [-0.15, -0.1) is 0 Å². The first-order valence-electron chi connectivity index (χ1n) is 9.41. The summed E-state index contributed by atoms with van der Waals surface area (Å²) in [7, 11) is 0. The van der Waals surface area contributed by atoms with E-state index in [1.54, 1.807) is 24.5 Å². The van der Waals surface area contributed by atoms with E-state index in [0.717, 1.165) is 26.1 Å². The highest BCUT2D eigenvalue weighted by molar-refractivity contribution is 5.93. The number of rotatable bonds is 10. The number of anilines is 1. The van der Waals surface area contributed by atoms with Crippen molar-refractivity contribution in [1.82, 2.24) is 20.5 Å². The van der Waals surface area contributed by atoms with Crippen LogP contribution in [-0.2, 0) is 4.79 Å². The normalized spacial score (nSPS) is 11.9. The van der Waals surface area contributed by atoms with Gasteiger partial charge in [-0.2, -0.15) is 0 Å². The Bertz CT molecular complexity index is 536. The number of guanidine groups is 1. The third kappa shape index (κ3) is 8.80. The van der Waals surface area contributed by atoms with Crippen LogP contribution in [0.5, 0.6) is 0 Å². The summed E-state index contributed by atoms with van der Waals surface area (Å²) in [4.78, 5) is 22.8. The molecule has 0 aliphatic heterocycles. The van der Waals surface area contributed by atoms with Crippen LogP contribution in [0.25, 0.3) is 0 Å². The minimum Gasteiger partial charge on any atom is -0.357 e. The Morgan fingerprint density at radius 3 is 2.54 bits per heavy atom. The Kier molecular flexibility index (Phi) is 10.3. The van der Waals surface area contributed by atoms with Gasteiger partial charge in [0.05, 0.1) is 11.9 Å². The van der Waals surface area contributed by atoms with Gasteiger partial charge in [-0.25, -0.2) is 4.99 Å². The second-order valence-corrected chi connectivity index (χ2v) is 6.69. The third-order valence-electron chi connectivity index (χ3n) is 3.88. The van der Waals surface area contributed by atoms with Crippen molar-refractivity contribution in [2.45, 2.75) is 53.1 Å². The van der Waals surface area contributed by atoms with Gasteiger partial charge in [-0.3, -0.25) is 14.7 Å². The molecule has 0 aliphatic rings. The van der Waals surface area contributed by atoms with Crippen molar-refractivity contribution in [2.75, 3.05) is 31.5 Å². The summed E-state index contributed by atoms with van der Waals surface area (Å²) in [6.07, 6.45) is 4.30. The first-order valence-corrected chi connectivity index (χ1v) is 9.41. The van der Waals surface area contributed by atoms with Crippen LogP contribution in [0, 0.1) is 0 Å². The molecule has 26 heavy (non-hydrogen) atoms. The molecule has 0 saturated carbocycles. The second kappa shape index (κ2) is 12.2. The Morgan fingerprint density at radius 1 is 1.23 bits per heavy atom. The number of pyridine rings is 1. The lowest BCUT2D eigenvalue weighted by molar-refractivity contribution is -0.114. The number of carbonyl (C=O) groups excluding carboxylic acids is 1. The summed E-state index contributed by atoms with van der Waals surface area (Å²) in [5.74, 6) is 0.496. The summed E-state index contributed by atoms with van der Waals surface area (Å²) < 4.78 is 0. The van der Waals surface area contributed by atoms with Crippen molar-refractivity contribution in [3.8, 4) is 0 Å². The van der Waals surface area contributed by atoms with Crippen LogP contribution in [0.4, 0.5) is 5.69 Å². The molecule has 1 heterocycles. The zero-order chi connectivity index (χ0) is 19.4. The lowest BCUT2D eigenvalue weighted by Gasteiger charge is -2.30. The molecule has 0 aromatic carbocycles. The molecule has 0 atom stereocenters. The molecule has 0 spiro atoms. The molecule has 0 saturated heterocycles. The number of hydrogen-bond donors (Lipinski definition) is 3. The van der Waals surface area contributed by atoms with E-state index in [2.05, 4.69) is 58.5 Å². The SMILES string of the molecule is CCNC(=NCC(=O)Nc1cccnc1)NCCCN(C(C)C)C(C)C. The second-order valence-electron chi connectivity index (χ2n) is 6.69. The Hall–Kier alpha value is -2.15. The van der Waals surface area contributed by atoms with Crippen molar-refractivity contribution in [3.05, 3.63) is 24.5 Å². The lowest BCUT2D eigenvalue weighted by Crippen LogP contribution is -2.41. The van der Waals surface area contributed by atoms with E-state index in [4.69, 9.17) is 0 Å². The average Bonchev–Trinajstić information content (AvgIpc) is 2.59. The molecule has 1 amide bonds. The van der Waals surface area contributed by atoms with Crippen molar-refractivity contribution >= 4 is 17.6 Å². The molecule has 3 N–H and O–H groups in total. The van der Waals surface area contributed by atoms with Gasteiger partial charge < -0.3 is 16.0 Å². The molecule has 146 valence electrons. The van der Waals surface area contributed by atoms with E-state index in [1.807, 2.05) is 6.92 Å². The van der Waals surface area contributed by atoms with Gasteiger partial charge in [0, 0.05) is 37.9 Å². The Morgan fingerprint density at radius 2 is 1.96 bits per heavy atom. The third-order valence-corrected chi connectivity index (χ3v) is 3.88. The standard InChI is InChI=1S/C19H34N6O/c1-6-21-19(22-11-8-12-25(15(2)3)16(4)5)23-14-18(26)24-17-9-7-10-20-13-17/h7,9-10,13,15-16H,6,8,11-12,14H2,1-5H3,(H,24,26)(H2,21,22,23). The maximum atomic E-state index is 12.0. The Labute approximate surface area is 157 Å². The monoisotopic (exact) mass is 362 g/mol. The molecule has 0 radical (unpaired) electrons. The minimum absolute atomic E-state index is 0.0638. The topological polar surface area (TPSA) is 81.6 Å². The highest BCUT2D eigenvalue weighted by Gasteiger charge is 2.12. The average molecular weight is 363 g/mol. The number of hydrogen-bond acceptors (Lipinski definition) is 4. The molecule has 7 nitrogen and oxygen atoms in total.